The van der Waals surface area contributed by atoms with Gasteiger partial charge in [0.15, 0.2) is 11.5 Å². The maximum absolute atomic E-state index is 13.2. The summed E-state index contributed by atoms with van der Waals surface area (Å²) in [5, 5.41) is 3.53. The molecule has 2 heterocycles. The normalized spacial score (nSPS) is 21.8. The van der Waals surface area contributed by atoms with E-state index in [1.54, 1.807) is 12.1 Å². The summed E-state index contributed by atoms with van der Waals surface area (Å²) in [4.78, 5) is 40.4. The topological polar surface area (TPSA) is 100 Å². The number of imide groups is 1. The van der Waals surface area contributed by atoms with Gasteiger partial charge < -0.3 is 14.8 Å². The number of para-hydroxylation sites is 2. The molecule has 2 aliphatic rings. The van der Waals surface area contributed by atoms with Gasteiger partial charge in [0.2, 0.25) is 0 Å². The molecule has 1 fully saturated rings. The summed E-state index contributed by atoms with van der Waals surface area (Å²) < 4.78 is 11.7. The molecule has 0 bridgehead atoms. The molecule has 33 heavy (non-hydrogen) atoms. The third-order valence-corrected chi connectivity index (χ3v) is 5.97. The number of ether oxygens (including phenoxy) is 2. The first-order valence-corrected chi connectivity index (χ1v) is 11.1. The average Bonchev–Trinajstić information content (AvgIpc) is 3.09. The predicted molar refractivity (Wildman–Crippen MR) is 120 cm³/mol. The van der Waals surface area contributed by atoms with Crippen LogP contribution in [0.3, 0.4) is 0 Å². The number of carbonyl (C=O) groups excluding carboxylic acids is 3. The van der Waals surface area contributed by atoms with Crippen LogP contribution in [0.15, 0.2) is 54.6 Å². The maximum Gasteiger partial charge on any atom is 0.344 e. The molecular weight excluding hydrogens is 424 g/mol. The number of carbonyl (C=O) groups is 3. The molecule has 1 saturated heterocycles. The Bertz CT molecular complexity index is 1030. The number of hydrogen-bond acceptors (Lipinski definition) is 6. The largest absolute Gasteiger partial charge is 0.486 e. The first-order valence-electron chi connectivity index (χ1n) is 11.1. The van der Waals surface area contributed by atoms with Crippen LogP contribution in [0.1, 0.15) is 25.8 Å². The van der Waals surface area contributed by atoms with E-state index in [1.807, 2.05) is 61.2 Å². The van der Waals surface area contributed by atoms with Crippen molar-refractivity contribution in [3.63, 3.8) is 0 Å². The monoisotopic (exact) mass is 452 g/mol. The molecule has 174 valence electrons. The van der Waals surface area contributed by atoms with Gasteiger partial charge in [0.1, 0.15) is 18.2 Å². The van der Waals surface area contributed by atoms with Crippen molar-refractivity contribution in [2.45, 2.75) is 31.9 Å². The van der Waals surface area contributed by atoms with E-state index < -0.39 is 23.4 Å². The molecule has 0 aliphatic carbocycles. The van der Waals surface area contributed by atoms with Crippen LogP contribution in [0.5, 0.6) is 11.5 Å². The Balaban J connectivity index is 1.37. The summed E-state index contributed by atoms with van der Waals surface area (Å²) in [7, 11) is 0. The molecule has 4 amide bonds. The zero-order chi connectivity index (χ0) is 23.4. The van der Waals surface area contributed by atoms with Crippen molar-refractivity contribution in [1.29, 1.82) is 0 Å². The molecule has 0 radical (unpaired) electrons. The fourth-order valence-corrected chi connectivity index (χ4v) is 4.15. The maximum atomic E-state index is 13.2. The van der Waals surface area contributed by atoms with E-state index in [0.29, 0.717) is 43.2 Å². The minimum atomic E-state index is -1.20. The lowest BCUT2D eigenvalue weighted by Gasteiger charge is -2.30. The second-order valence-corrected chi connectivity index (χ2v) is 8.06. The Labute approximate surface area is 192 Å². The van der Waals surface area contributed by atoms with Crippen LogP contribution in [0.25, 0.3) is 0 Å². The number of hydrazine groups is 1. The van der Waals surface area contributed by atoms with Gasteiger partial charge in [-0.3, -0.25) is 19.9 Å². The molecule has 9 heteroatoms. The fraction of sp³-hybridized carbons (Fsp3) is 0.375. The highest BCUT2D eigenvalue weighted by molar-refractivity contribution is 6.08. The molecule has 0 aromatic heterocycles. The molecule has 0 spiro atoms. The van der Waals surface area contributed by atoms with Gasteiger partial charge in [-0.2, -0.15) is 5.01 Å². The van der Waals surface area contributed by atoms with E-state index in [9.17, 15) is 14.4 Å². The van der Waals surface area contributed by atoms with Crippen LogP contribution in [0.2, 0.25) is 0 Å². The lowest BCUT2D eigenvalue weighted by molar-refractivity contribution is -0.140. The lowest BCUT2D eigenvalue weighted by Crippen LogP contribution is -2.52. The van der Waals surface area contributed by atoms with Crippen LogP contribution in [0, 0.1) is 0 Å². The van der Waals surface area contributed by atoms with Crippen molar-refractivity contribution in [3.8, 4) is 11.5 Å². The minimum Gasteiger partial charge on any atom is -0.486 e. The number of nitrogens with zero attached hydrogens (tertiary/aromatic N) is 2. The fourth-order valence-electron chi connectivity index (χ4n) is 4.15. The number of nitrogens with one attached hydrogen (secondary N) is 2. The van der Waals surface area contributed by atoms with Gasteiger partial charge in [-0.15, -0.1) is 0 Å². The van der Waals surface area contributed by atoms with Crippen molar-refractivity contribution in [2.24, 2.45) is 0 Å². The van der Waals surface area contributed by atoms with Gasteiger partial charge in [0.25, 0.3) is 11.8 Å². The summed E-state index contributed by atoms with van der Waals surface area (Å²) in [6.07, 6.45) is 0.116. The SMILES string of the molecule is CCN(CC(=O)NN1C(=O)NC(CC)(c2ccccc2)C1=O)CC1COc2ccccc2O1. The van der Waals surface area contributed by atoms with Crippen molar-refractivity contribution in [3.05, 3.63) is 60.2 Å². The van der Waals surface area contributed by atoms with E-state index in [-0.39, 0.29) is 12.6 Å². The molecule has 0 saturated carbocycles. The van der Waals surface area contributed by atoms with Gasteiger partial charge in [-0.05, 0) is 30.7 Å². The van der Waals surface area contributed by atoms with Gasteiger partial charge in [-0.1, -0.05) is 56.3 Å². The van der Waals surface area contributed by atoms with E-state index in [0.717, 1.165) is 5.01 Å². The van der Waals surface area contributed by atoms with Crippen molar-refractivity contribution >= 4 is 17.8 Å². The standard InChI is InChI=1S/C24H28N4O5/c1-3-24(17-10-6-5-7-11-17)22(30)28(23(31)25-24)26-21(29)15-27(4-2)14-18-16-32-19-12-8-9-13-20(19)33-18/h5-13,18H,3-4,14-16H2,1-2H3,(H,25,31)(H,26,29). The number of amides is 4. The number of urea groups is 1. The summed E-state index contributed by atoms with van der Waals surface area (Å²) in [5.74, 6) is 0.409. The predicted octanol–water partition coefficient (Wildman–Crippen LogP) is 2.04. The second kappa shape index (κ2) is 9.50. The highest BCUT2D eigenvalue weighted by Gasteiger charge is 2.52. The summed E-state index contributed by atoms with van der Waals surface area (Å²) >= 11 is 0. The zero-order valence-corrected chi connectivity index (χ0v) is 18.7. The molecule has 4 rings (SSSR count). The van der Waals surface area contributed by atoms with Crippen LogP contribution in [0.4, 0.5) is 4.79 Å². The van der Waals surface area contributed by atoms with Crippen molar-refractivity contribution in [2.75, 3.05) is 26.2 Å². The Hall–Kier alpha value is -3.59. The third kappa shape index (κ3) is 4.49. The van der Waals surface area contributed by atoms with Crippen LogP contribution in [-0.2, 0) is 15.1 Å². The van der Waals surface area contributed by atoms with Gasteiger partial charge in [0.05, 0.1) is 6.54 Å². The second-order valence-electron chi connectivity index (χ2n) is 8.06. The van der Waals surface area contributed by atoms with E-state index in [1.165, 1.54) is 0 Å². The Morgan fingerprint density at radius 2 is 1.82 bits per heavy atom. The van der Waals surface area contributed by atoms with Gasteiger partial charge in [0, 0.05) is 6.54 Å². The molecule has 2 atom stereocenters. The molecule has 2 N–H and O–H groups in total. The summed E-state index contributed by atoms with van der Waals surface area (Å²) in [6.45, 7) is 5.16. The smallest absolute Gasteiger partial charge is 0.344 e. The number of fused-ring (bicyclic) bond motifs is 1. The van der Waals surface area contributed by atoms with E-state index in [4.69, 9.17) is 9.47 Å². The molecule has 2 aliphatic heterocycles. The number of rotatable bonds is 8. The van der Waals surface area contributed by atoms with Crippen molar-refractivity contribution < 1.29 is 23.9 Å². The Kier molecular flexibility index (Phi) is 6.50. The molecule has 2 aromatic carbocycles. The molecule has 9 nitrogen and oxygen atoms in total. The van der Waals surface area contributed by atoms with Crippen molar-refractivity contribution in [1.82, 2.24) is 20.7 Å². The first-order chi connectivity index (χ1) is 16.0. The number of hydrogen-bond donors (Lipinski definition) is 2. The molecule has 2 aromatic rings. The minimum absolute atomic E-state index is 0.000467. The van der Waals surface area contributed by atoms with E-state index in [2.05, 4.69) is 10.7 Å². The Morgan fingerprint density at radius 3 is 2.52 bits per heavy atom. The molecular formula is C24H28N4O5. The summed E-state index contributed by atoms with van der Waals surface area (Å²) in [6, 6.07) is 15.8. The highest BCUT2D eigenvalue weighted by Crippen LogP contribution is 2.32. The quantitative estimate of drug-likeness (QED) is 0.595. The van der Waals surface area contributed by atoms with Gasteiger partial charge >= 0.3 is 6.03 Å². The van der Waals surface area contributed by atoms with E-state index >= 15 is 0 Å². The number of likely N-dealkylation sites (N-methyl/N-ethyl adjacent to an activating group) is 1. The lowest BCUT2D eigenvalue weighted by atomic mass is 9.87. The van der Waals surface area contributed by atoms with Crippen LogP contribution < -0.4 is 20.2 Å². The summed E-state index contributed by atoms with van der Waals surface area (Å²) in [5.41, 5.74) is 1.95. The van der Waals surface area contributed by atoms with Crippen LogP contribution in [-0.4, -0.2) is 60.1 Å². The van der Waals surface area contributed by atoms with Gasteiger partial charge in [-0.25, -0.2) is 4.79 Å². The Morgan fingerprint density at radius 1 is 1.12 bits per heavy atom. The highest BCUT2D eigenvalue weighted by atomic mass is 16.6. The van der Waals surface area contributed by atoms with Crippen LogP contribution >= 0.6 is 0 Å². The number of benzene rings is 2. The third-order valence-electron chi connectivity index (χ3n) is 5.97. The first kappa shape index (κ1) is 22.6. The molecule has 2 unspecified atom stereocenters. The zero-order valence-electron chi connectivity index (χ0n) is 18.7. The average molecular weight is 453 g/mol.